The molecule has 4 heteroatoms. The lowest BCUT2D eigenvalue weighted by Gasteiger charge is -2.08. The Kier molecular flexibility index (Phi) is 5.09. The topological polar surface area (TPSA) is 57.4 Å². The Balaban J connectivity index is 1.98. The van der Waals surface area contributed by atoms with Crippen LogP contribution < -0.4 is 10.5 Å². The monoisotopic (exact) mass is 272 g/mol. The zero-order chi connectivity index (χ0) is 14.4. The van der Waals surface area contributed by atoms with Crippen molar-refractivity contribution in [2.75, 3.05) is 13.7 Å². The number of rotatable bonds is 6. The van der Waals surface area contributed by atoms with Crippen molar-refractivity contribution in [1.82, 2.24) is 4.98 Å². The minimum atomic E-state index is -0.0170. The van der Waals surface area contributed by atoms with Crippen molar-refractivity contribution in [1.29, 1.82) is 0 Å². The molecule has 0 bridgehead atoms. The third-order valence-electron chi connectivity index (χ3n) is 3.03. The van der Waals surface area contributed by atoms with Gasteiger partial charge >= 0.3 is 0 Å². The van der Waals surface area contributed by atoms with Gasteiger partial charge in [-0.25, -0.2) is 4.98 Å². The van der Waals surface area contributed by atoms with Gasteiger partial charge in [0.05, 0.1) is 6.61 Å². The molecular weight excluding hydrogens is 252 g/mol. The van der Waals surface area contributed by atoms with Crippen LogP contribution in [0.5, 0.6) is 11.6 Å². The number of benzene rings is 1. The Morgan fingerprint density at radius 3 is 2.45 bits per heavy atom. The highest BCUT2D eigenvalue weighted by Crippen LogP contribution is 2.21. The van der Waals surface area contributed by atoms with Crippen LogP contribution in [-0.2, 0) is 11.2 Å². The van der Waals surface area contributed by atoms with E-state index in [1.165, 1.54) is 5.56 Å². The average molecular weight is 272 g/mol. The Bertz CT molecular complexity index is 521. The molecule has 2 N–H and O–H groups in total. The SMILES string of the molecule is COCCc1ccc(Oc2ccc([C@@H](C)N)cn2)cc1. The van der Waals surface area contributed by atoms with Crippen LogP contribution in [0.3, 0.4) is 0 Å². The molecule has 0 radical (unpaired) electrons. The van der Waals surface area contributed by atoms with Crippen molar-refractivity contribution in [3.05, 3.63) is 53.7 Å². The predicted octanol–water partition coefficient (Wildman–Crippen LogP) is 3.08. The van der Waals surface area contributed by atoms with E-state index < -0.39 is 0 Å². The second kappa shape index (κ2) is 7.03. The second-order valence-corrected chi connectivity index (χ2v) is 4.71. The highest BCUT2D eigenvalue weighted by Gasteiger charge is 2.02. The van der Waals surface area contributed by atoms with Gasteiger partial charge in [0.2, 0.25) is 5.88 Å². The van der Waals surface area contributed by atoms with Crippen molar-refractivity contribution in [3.8, 4) is 11.6 Å². The summed E-state index contributed by atoms with van der Waals surface area (Å²) in [6.07, 6.45) is 2.64. The molecule has 0 saturated heterocycles. The minimum absolute atomic E-state index is 0.0170. The van der Waals surface area contributed by atoms with Crippen LogP contribution in [0.1, 0.15) is 24.1 Å². The molecule has 20 heavy (non-hydrogen) atoms. The summed E-state index contributed by atoms with van der Waals surface area (Å²) in [6.45, 7) is 2.65. The Hall–Kier alpha value is -1.91. The average Bonchev–Trinajstić information content (AvgIpc) is 2.47. The van der Waals surface area contributed by atoms with Crippen molar-refractivity contribution in [3.63, 3.8) is 0 Å². The van der Waals surface area contributed by atoms with E-state index in [1.54, 1.807) is 13.3 Å². The third kappa shape index (κ3) is 4.05. The van der Waals surface area contributed by atoms with E-state index in [0.29, 0.717) is 5.88 Å². The van der Waals surface area contributed by atoms with Crippen molar-refractivity contribution in [2.45, 2.75) is 19.4 Å². The number of nitrogens with two attached hydrogens (primary N) is 1. The lowest BCUT2D eigenvalue weighted by Crippen LogP contribution is -2.05. The first-order valence-corrected chi connectivity index (χ1v) is 6.66. The summed E-state index contributed by atoms with van der Waals surface area (Å²) in [4.78, 5) is 4.25. The summed E-state index contributed by atoms with van der Waals surface area (Å²) in [7, 11) is 1.70. The molecule has 0 aliphatic carbocycles. The van der Waals surface area contributed by atoms with Crippen LogP contribution in [0.4, 0.5) is 0 Å². The molecule has 2 aromatic rings. The molecule has 0 aliphatic heterocycles. The predicted molar refractivity (Wildman–Crippen MR) is 78.9 cm³/mol. The third-order valence-corrected chi connectivity index (χ3v) is 3.03. The Morgan fingerprint density at radius 2 is 1.90 bits per heavy atom. The van der Waals surface area contributed by atoms with E-state index in [9.17, 15) is 0 Å². The fourth-order valence-corrected chi connectivity index (χ4v) is 1.79. The van der Waals surface area contributed by atoms with Crippen LogP contribution in [0.15, 0.2) is 42.6 Å². The molecule has 4 nitrogen and oxygen atoms in total. The first kappa shape index (κ1) is 14.5. The Morgan fingerprint density at radius 1 is 1.15 bits per heavy atom. The van der Waals surface area contributed by atoms with Crippen molar-refractivity contribution >= 4 is 0 Å². The summed E-state index contributed by atoms with van der Waals surface area (Å²) in [5.74, 6) is 1.34. The normalized spacial score (nSPS) is 12.2. The number of ether oxygens (including phenoxy) is 2. The fraction of sp³-hybridized carbons (Fsp3) is 0.312. The van der Waals surface area contributed by atoms with Crippen molar-refractivity contribution < 1.29 is 9.47 Å². The van der Waals surface area contributed by atoms with Gasteiger partial charge in [0.25, 0.3) is 0 Å². The van der Waals surface area contributed by atoms with E-state index >= 15 is 0 Å². The van der Waals surface area contributed by atoms with Crippen LogP contribution in [0, 0.1) is 0 Å². The lowest BCUT2D eigenvalue weighted by atomic mass is 10.1. The van der Waals surface area contributed by atoms with Gasteiger partial charge in [-0.15, -0.1) is 0 Å². The number of hydrogen-bond donors (Lipinski definition) is 1. The summed E-state index contributed by atoms with van der Waals surface area (Å²) in [6, 6.07) is 11.7. The van der Waals surface area contributed by atoms with E-state index in [2.05, 4.69) is 4.98 Å². The maximum atomic E-state index is 5.78. The van der Waals surface area contributed by atoms with Crippen molar-refractivity contribution in [2.24, 2.45) is 5.73 Å². The molecule has 2 rings (SSSR count). The van der Waals surface area contributed by atoms with E-state index in [1.807, 2.05) is 43.3 Å². The second-order valence-electron chi connectivity index (χ2n) is 4.71. The zero-order valence-electron chi connectivity index (χ0n) is 11.9. The van der Waals surface area contributed by atoms with Crippen LogP contribution in [0.25, 0.3) is 0 Å². The molecule has 1 heterocycles. The number of hydrogen-bond acceptors (Lipinski definition) is 4. The lowest BCUT2D eigenvalue weighted by molar-refractivity contribution is 0.202. The maximum absolute atomic E-state index is 5.78. The smallest absolute Gasteiger partial charge is 0.219 e. The molecule has 1 aromatic heterocycles. The molecular formula is C16H20N2O2. The fourth-order valence-electron chi connectivity index (χ4n) is 1.79. The van der Waals surface area contributed by atoms with Gasteiger partial charge in [-0.1, -0.05) is 18.2 Å². The standard InChI is InChI=1S/C16H20N2O2/c1-12(17)14-5-8-16(18-11-14)20-15-6-3-13(4-7-15)9-10-19-2/h3-8,11-12H,9-10,17H2,1-2H3/t12-/m1/s1. The summed E-state index contributed by atoms with van der Waals surface area (Å²) in [5.41, 5.74) is 8.00. The van der Waals surface area contributed by atoms with E-state index in [4.69, 9.17) is 15.2 Å². The molecule has 0 unspecified atom stereocenters. The van der Waals surface area contributed by atoms with Gasteiger partial charge in [-0.3, -0.25) is 0 Å². The van der Waals surface area contributed by atoms with Gasteiger partial charge in [0, 0.05) is 25.4 Å². The van der Waals surface area contributed by atoms with Gasteiger partial charge in [-0.05, 0) is 36.6 Å². The molecule has 0 saturated carbocycles. The van der Waals surface area contributed by atoms with Gasteiger partial charge in [0.1, 0.15) is 5.75 Å². The Labute approximate surface area is 119 Å². The highest BCUT2D eigenvalue weighted by atomic mass is 16.5. The van der Waals surface area contributed by atoms with E-state index in [0.717, 1.165) is 24.3 Å². The minimum Gasteiger partial charge on any atom is -0.439 e. The molecule has 0 spiro atoms. The summed E-state index contributed by atoms with van der Waals surface area (Å²) in [5, 5.41) is 0. The van der Waals surface area contributed by atoms with Gasteiger partial charge in [0.15, 0.2) is 0 Å². The molecule has 0 amide bonds. The molecule has 1 atom stereocenters. The number of pyridine rings is 1. The summed E-state index contributed by atoms with van der Waals surface area (Å²) < 4.78 is 10.7. The maximum Gasteiger partial charge on any atom is 0.219 e. The molecule has 0 fully saturated rings. The largest absolute Gasteiger partial charge is 0.439 e. The highest BCUT2D eigenvalue weighted by molar-refractivity contribution is 5.31. The number of nitrogens with zero attached hydrogens (tertiary/aromatic N) is 1. The quantitative estimate of drug-likeness (QED) is 0.878. The molecule has 0 aliphatic rings. The van der Waals surface area contributed by atoms with E-state index in [-0.39, 0.29) is 6.04 Å². The van der Waals surface area contributed by atoms with Crippen LogP contribution in [0.2, 0.25) is 0 Å². The first-order chi connectivity index (χ1) is 9.69. The van der Waals surface area contributed by atoms with Gasteiger partial charge < -0.3 is 15.2 Å². The summed E-state index contributed by atoms with van der Waals surface area (Å²) >= 11 is 0. The van der Waals surface area contributed by atoms with Gasteiger partial charge in [-0.2, -0.15) is 0 Å². The molecule has 1 aromatic carbocycles. The first-order valence-electron chi connectivity index (χ1n) is 6.66. The zero-order valence-corrected chi connectivity index (χ0v) is 11.9. The van der Waals surface area contributed by atoms with Crippen LogP contribution >= 0.6 is 0 Å². The number of aromatic nitrogens is 1. The molecule has 106 valence electrons. The number of methoxy groups -OCH3 is 1. The van der Waals surface area contributed by atoms with Crippen LogP contribution in [-0.4, -0.2) is 18.7 Å².